The highest BCUT2D eigenvalue weighted by Gasteiger charge is 2.10. The minimum atomic E-state index is 0.682. The van der Waals surface area contributed by atoms with Gasteiger partial charge in [-0.1, -0.05) is 35.6 Å². The fourth-order valence-corrected chi connectivity index (χ4v) is 2.89. The summed E-state index contributed by atoms with van der Waals surface area (Å²) in [6, 6.07) is 10.2. The van der Waals surface area contributed by atoms with Crippen LogP contribution < -0.4 is 5.73 Å². The van der Waals surface area contributed by atoms with Gasteiger partial charge in [-0.15, -0.1) is 10.2 Å². The number of aromatic nitrogens is 3. The minimum absolute atomic E-state index is 0.682. The summed E-state index contributed by atoms with van der Waals surface area (Å²) < 4.78 is 0. The number of benzene rings is 1. The van der Waals surface area contributed by atoms with Gasteiger partial charge in [0.25, 0.3) is 0 Å². The van der Waals surface area contributed by atoms with Gasteiger partial charge in [0.2, 0.25) is 0 Å². The fraction of sp³-hybridized carbons (Fsp3) is 0.214. The predicted octanol–water partition coefficient (Wildman–Crippen LogP) is 2.64. The van der Waals surface area contributed by atoms with Gasteiger partial charge in [0.15, 0.2) is 5.01 Å². The molecule has 0 atom stereocenters. The van der Waals surface area contributed by atoms with Crippen molar-refractivity contribution >= 4 is 22.1 Å². The molecule has 0 saturated heterocycles. The Morgan fingerprint density at radius 2 is 2.00 bits per heavy atom. The van der Waals surface area contributed by atoms with Crippen molar-refractivity contribution < 1.29 is 0 Å². The average molecular weight is 270 g/mol. The summed E-state index contributed by atoms with van der Waals surface area (Å²) in [5, 5.41) is 12.7. The molecular formula is C14H14N4S. The molecule has 0 amide bonds. The number of fused-ring (bicyclic) bond motifs is 1. The van der Waals surface area contributed by atoms with Crippen LogP contribution in [0.2, 0.25) is 0 Å². The van der Waals surface area contributed by atoms with E-state index >= 15 is 0 Å². The number of hydrogen-bond acceptors (Lipinski definition) is 5. The largest absolute Gasteiger partial charge is 0.330 e. The van der Waals surface area contributed by atoms with Crippen LogP contribution in [0, 0.1) is 0 Å². The van der Waals surface area contributed by atoms with Crippen LogP contribution >= 0.6 is 11.3 Å². The molecule has 0 bridgehead atoms. The molecule has 2 N–H and O–H groups in total. The quantitative estimate of drug-likeness (QED) is 0.791. The summed E-state index contributed by atoms with van der Waals surface area (Å²) >= 11 is 1.60. The third kappa shape index (κ3) is 2.47. The first-order valence-corrected chi connectivity index (χ1v) is 7.06. The van der Waals surface area contributed by atoms with E-state index in [-0.39, 0.29) is 0 Å². The molecule has 0 unspecified atom stereocenters. The molecule has 5 heteroatoms. The average Bonchev–Trinajstić information content (AvgIpc) is 2.93. The van der Waals surface area contributed by atoms with E-state index in [1.54, 1.807) is 11.3 Å². The molecule has 0 spiro atoms. The van der Waals surface area contributed by atoms with Gasteiger partial charge in [-0.3, -0.25) is 4.98 Å². The third-order valence-electron chi connectivity index (χ3n) is 2.94. The van der Waals surface area contributed by atoms with E-state index in [0.717, 1.165) is 33.9 Å². The van der Waals surface area contributed by atoms with Crippen LogP contribution in [0.25, 0.3) is 21.5 Å². The highest BCUT2D eigenvalue weighted by molar-refractivity contribution is 7.14. The first-order chi connectivity index (χ1) is 9.38. The summed E-state index contributed by atoms with van der Waals surface area (Å²) in [5.41, 5.74) is 6.42. The first kappa shape index (κ1) is 12.2. The number of nitrogens with zero attached hydrogens (tertiary/aromatic N) is 3. The maximum Gasteiger partial charge on any atom is 0.166 e. The van der Waals surface area contributed by atoms with Crippen molar-refractivity contribution in [2.24, 2.45) is 5.73 Å². The zero-order valence-corrected chi connectivity index (χ0v) is 11.2. The smallest absolute Gasteiger partial charge is 0.166 e. The lowest BCUT2D eigenvalue weighted by atomic mass is 10.1. The molecule has 0 fully saturated rings. The Bertz CT molecular complexity index is 687. The molecule has 4 nitrogen and oxygen atoms in total. The molecule has 19 heavy (non-hydrogen) atoms. The van der Waals surface area contributed by atoms with Crippen molar-refractivity contribution in [1.82, 2.24) is 15.2 Å². The Balaban J connectivity index is 2.02. The van der Waals surface area contributed by atoms with Gasteiger partial charge < -0.3 is 5.73 Å². The van der Waals surface area contributed by atoms with Crippen molar-refractivity contribution in [2.45, 2.75) is 12.8 Å². The van der Waals surface area contributed by atoms with Crippen LogP contribution in [0.1, 0.15) is 11.4 Å². The Morgan fingerprint density at radius 1 is 1.11 bits per heavy atom. The van der Waals surface area contributed by atoms with E-state index in [9.17, 15) is 0 Å². The molecule has 96 valence electrons. The van der Waals surface area contributed by atoms with Gasteiger partial charge in [-0.2, -0.15) is 0 Å². The Hall–Kier alpha value is -1.85. The van der Waals surface area contributed by atoms with E-state index in [2.05, 4.69) is 27.3 Å². The van der Waals surface area contributed by atoms with E-state index in [0.29, 0.717) is 6.54 Å². The van der Waals surface area contributed by atoms with Gasteiger partial charge >= 0.3 is 0 Å². The maximum atomic E-state index is 5.51. The summed E-state index contributed by atoms with van der Waals surface area (Å²) in [7, 11) is 0. The lowest BCUT2D eigenvalue weighted by Crippen LogP contribution is -1.99. The Morgan fingerprint density at radius 3 is 2.89 bits per heavy atom. The van der Waals surface area contributed by atoms with Crippen LogP contribution in [0.4, 0.5) is 0 Å². The lowest BCUT2D eigenvalue weighted by molar-refractivity contribution is 0.812. The van der Waals surface area contributed by atoms with Crippen molar-refractivity contribution in [3.63, 3.8) is 0 Å². The highest BCUT2D eigenvalue weighted by Crippen LogP contribution is 2.28. The van der Waals surface area contributed by atoms with Crippen LogP contribution in [0.15, 0.2) is 36.5 Å². The summed E-state index contributed by atoms with van der Waals surface area (Å²) in [6.45, 7) is 0.682. The predicted molar refractivity (Wildman–Crippen MR) is 78.0 cm³/mol. The molecule has 0 aliphatic rings. The van der Waals surface area contributed by atoms with Crippen LogP contribution in [-0.2, 0) is 6.42 Å². The molecule has 1 aromatic carbocycles. The molecule has 3 aromatic rings. The molecule has 3 rings (SSSR count). The van der Waals surface area contributed by atoms with Crippen molar-refractivity contribution in [3.8, 4) is 10.7 Å². The number of rotatable bonds is 4. The number of pyridine rings is 1. The van der Waals surface area contributed by atoms with Gasteiger partial charge in [-0.25, -0.2) is 0 Å². The van der Waals surface area contributed by atoms with Crippen molar-refractivity contribution in [1.29, 1.82) is 0 Å². The topological polar surface area (TPSA) is 64.7 Å². The van der Waals surface area contributed by atoms with Gasteiger partial charge in [0.05, 0.1) is 0 Å². The van der Waals surface area contributed by atoms with Gasteiger partial charge in [0.1, 0.15) is 10.7 Å². The molecule has 0 saturated carbocycles. The number of hydrogen-bond donors (Lipinski definition) is 1. The van der Waals surface area contributed by atoms with E-state index in [1.165, 1.54) is 5.39 Å². The summed E-state index contributed by atoms with van der Waals surface area (Å²) in [6.07, 6.45) is 3.65. The summed E-state index contributed by atoms with van der Waals surface area (Å²) in [5.74, 6) is 0. The van der Waals surface area contributed by atoms with Gasteiger partial charge in [-0.05, 0) is 24.4 Å². The molecule has 0 aliphatic carbocycles. The van der Waals surface area contributed by atoms with E-state index in [4.69, 9.17) is 5.73 Å². The summed E-state index contributed by atoms with van der Waals surface area (Å²) in [4.78, 5) is 4.45. The first-order valence-electron chi connectivity index (χ1n) is 6.25. The fourth-order valence-electron chi connectivity index (χ4n) is 1.99. The monoisotopic (exact) mass is 270 g/mol. The number of nitrogens with two attached hydrogens (primary N) is 1. The molecule has 2 heterocycles. The minimum Gasteiger partial charge on any atom is -0.330 e. The third-order valence-corrected chi connectivity index (χ3v) is 3.93. The second-order valence-electron chi connectivity index (χ2n) is 4.27. The zero-order chi connectivity index (χ0) is 13.1. The molecular weight excluding hydrogens is 256 g/mol. The second-order valence-corrected chi connectivity index (χ2v) is 5.34. The van der Waals surface area contributed by atoms with Gasteiger partial charge in [0, 0.05) is 18.0 Å². The van der Waals surface area contributed by atoms with Crippen LogP contribution in [0.3, 0.4) is 0 Å². The molecule has 0 radical (unpaired) electrons. The Kier molecular flexibility index (Phi) is 3.48. The Labute approximate surface area is 115 Å². The molecule has 2 aromatic heterocycles. The normalized spacial score (nSPS) is 11.0. The standard InChI is InChI=1S/C14H14N4S/c15-8-3-6-12-17-18-14(19-12)13-11-5-2-1-4-10(11)7-9-16-13/h1-2,4-5,7,9H,3,6,8,15H2. The van der Waals surface area contributed by atoms with Crippen LogP contribution in [0.5, 0.6) is 0 Å². The second kappa shape index (κ2) is 5.42. The van der Waals surface area contributed by atoms with Crippen LogP contribution in [-0.4, -0.2) is 21.7 Å². The van der Waals surface area contributed by atoms with Crippen molar-refractivity contribution in [2.75, 3.05) is 6.54 Å². The molecule has 0 aliphatic heterocycles. The number of aryl methyl sites for hydroxylation is 1. The lowest BCUT2D eigenvalue weighted by Gasteiger charge is -2.01. The zero-order valence-electron chi connectivity index (χ0n) is 10.4. The van der Waals surface area contributed by atoms with Crippen molar-refractivity contribution in [3.05, 3.63) is 41.5 Å². The van der Waals surface area contributed by atoms with E-state index < -0.39 is 0 Å². The SMILES string of the molecule is NCCCc1nnc(-c2nccc3ccccc23)s1. The maximum absolute atomic E-state index is 5.51. The highest BCUT2D eigenvalue weighted by atomic mass is 32.1. The van der Waals surface area contributed by atoms with E-state index in [1.807, 2.05) is 24.4 Å².